The topological polar surface area (TPSA) is 103 Å². The molecule has 1 amide bonds. The Labute approximate surface area is 249 Å². The van der Waals surface area contributed by atoms with E-state index in [1.165, 1.54) is 44.1 Å². The number of allylic oxidation sites excluding steroid dienone is 4. The Bertz CT molecular complexity index is 907. The fourth-order valence-electron chi connectivity index (χ4n) is 7.58. The van der Waals surface area contributed by atoms with Gasteiger partial charge in [0.25, 0.3) is 0 Å². The molecule has 0 saturated heterocycles. The molecule has 0 bridgehead atoms. The molecule has 3 aliphatic rings. The molecule has 3 rings (SSSR count). The molecule has 5 atom stereocenters. The van der Waals surface area contributed by atoms with Gasteiger partial charge in [-0.15, -0.1) is 0 Å². The Hall–Kier alpha value is -1.67. The molecular formula is C34H58N2O5. The minimum Gasteiger partial charge on any atom is -0.446 e. The fraction of sp³-hybridized carbons (Fsp3) is 0.794. The van der Waals surface area contributed by atoms with Gasteiger partial charge in [0.2, 0.25) is 0 Å². The summed E-state index contributed by atoms with van der Waals surface area (Å²) in [6.07, 6.45) is 16.0. The molecule has 0 heterocycles. The van der Waals surface area contributed by atoms with Crippen LogP contribution in [0.1, 0.15) is 98.3 Å². The number of alkyl carbamates (subject to hydrolysis) is 1. The number of ether oxygens (including phenoxy) is 3. The molecule has 0 aliphatic heterocycles. The molecule has 41 heavy (non-hydrogen) atoms. The molecule has 0 aromatic carbocycles. The maximum atomic E-state index is 12.3. The normalized spacial score (nSPS) is 29.5. The minimum absolute atomic E-state index is 0.132. The first-order chi connectivity index (χ1) is 19.5. The Morgan fingerprint density at radius 2 is 1.93 bits per heavy atom. The Morgan fingerprint density at radius 1 is 1.17 bits per heavy atom. The number of carbonyl (C=O) groups is 1. The summed E-state index contributed by atoms with van der Waals surface area (Å²) >= 11 is 0. The van der Waals surface area contributed by atoms with Crippen LogP contribution in [0.2, 0.25) is 0 Å². The van der Waals surface area contributed by atoms with Gasteiger partial charge in [0.05, 0.1) is 32.0 Å². The van der Waals surface area contributed by atoms with Gasteiger partial charge in [-0.25, -0.2) is 4.79 Å². The summed E-state index contributed by atoms with van der Waals surface area (Å²) in [4.78, 5) is 12.3. The standard InChI is InChI=1S/C34H58N2O5/c1-25-10-13-29(41-32(37)36-19-21-40-23-22-39-20-18-35)24-28(25)12-11-27-9-7-17-34(5)30(14-15-31(27)34)26(2)8-6-16-33(3,4)38/h11-12,26,29-31,38H,1,6-10,13-24,35H2,2-5H3,(H,36,37). The first kappa shape index (κ1) is 33.8. The van der Waals surface area contributed by atoms with Gasteiger partial charge >= 0.3 is 6.09 Å². The highest BCUT2D eigenvalue weighted by molar-refractivity contribution is 5.67. The van der Waals surface area contributed by atoms with E-state index in [1.54, 1.807) is 5.57 Å². The third-order valence-electron chi connectivity index (χ3n) is 9.76. The second-order valence-corrected chi connectivity index (χ2v) is 13.5. The van der Waals surface area contributed by atoms with Crippen LogP contribution in [0.5, 0.6) is 0 Å². The van der Waals surface area contributed by atoms with E-state index in [2.05, 4.69) is 37.9 Å². The number of aliphatic hydroxyl groups is 1. The van der Waals surface area contributed by atoms with Crippen molar-refractivity contribution in [3.8, 4) is 0 Å². The van der Waals surface area contributed by atoms with Crippen molar-refractivity contribution >= 4 is 6.09 Å². The van der Waals surface area contributed by atoms with E-state index in [9.17, 15) is 9.90 Å². The summed E-state index contributed by atoms with van der Waals surface area (Å²) in [5.41, 5.74) is 9.15. The van der Waals surface area contributed by atoms with Crippen LogP contribution in [0.15, 0.2) is 35.5 Å². The van der Waals surface area contributed by atoms with Gasteiger partial charge in [-0.05, 0) is 94.0 Å². The van der Waals surface area contributed by atoms with Crippen molar-refractivity contribution in [2.45, 2.75) is 110 Å². The lowest BCUT2D eigenvalue weighted by Gasteiger charge is -2.44. The third-order valence-corrected chi connectivity index (χ3v) is 9.76. The van der Waals surface area contributed by atoms with Crippen molar-refractivity contribution in [1.29, 1.82) is 0 Å². The highest BCUT2D eigenvalue weighted by atomic mass is 16.6. The summed E-state index contributed by atoms with van der Waals surface area (Å²) in [7, 11) is 0. The summed E-state index contributed by atoms with van der Waals surface area (Å²) in [5.74, 6) is 2.09. The Morgan fingerprint density at radius 3 is 2.66 bits per heavy atom. The second kappa shape index (κ2) is 16.3. The smallest absolute Gasteiger partial charge is 0.407 e. The van der Waals surface area contributed by atoms with E-state index in [0.717, 1.165) is 37.2 Å². The lowest BCUT2D eigenvalue weighted by atomic mass is 9.60. The van der Waals surface area contributed by atoms with Crippen LogP contribution < -0.4 is 11.1 Å². The van der Waals surface area contributed by atoms with E-state index in [4.69, 9.17) is 19.9 Å². The van der Waals surface area contributed by atoms with Crippen LogP contribution in [0, 0.1) is 23.2 Å². The molecule has 0 aromatic rings. The number of hydrogen-bond acceptors (Lipinski definition) is 6. The molecule has 7 heteroatoms. The van der Waals surface area contributed by atoms with Crippen molar-refractivity contribution in [2.24, 2.45) is 28.9 Å². The highest BCUT2D eigenvalue weighted by Gasteiger charge is 2.50. The lowest BCUT2D eigenvalue weighted by Crippen LogP contribution is -2.36. The summed E-state index contributed by atoms with van der Waals surface area (Å²) < 4.78 is 16.5. The minimum atomic E-state index is -0.567. The van der Waals surface area contributed by atoms with Crippen LogP contribution in [0.25, 0.3) is 0 Å². The maximum absolute atomic E-state index is 12.3. The molecule has 5 unspecified atom stereocenters. The molecule has 0 radical (unpaired) electrons. The van der Waals surface area contributed by atoms with Crippen molar-refractivity contribution < 1.29 is 24.1 Å². The van der Waals surface area contributed by atoms with Gasteiger partial charge in [-0.2, -0.15) is 0 Å². The summed E-state index contributed by atoms with van der Waals surface area (Å²) in [6, 6.07) is 0. The number of nitrogens with two attached hydrogens (primary N) is 1. The largest absolute Gasteiger partial charge is 0.446 e. The van der Waals surface area contributed by atoms with Gasteiger partial charge in [0.15, 0.2) is 0 Å². The van der Waals surface area contributed by atoms with E-state index in [-0.39, 0.29) is 12.2 Å². The molecular weight excluding hydrogens is 516 g/mol. The van der Waals surface area contributed by atoms with Crippen LogP contribution in [-0.2, 0) is 14.2 Å². The highest BCUT2D eigenvalue weighted by Crippen LogP contribution is 2.60. The predicted molar refractivity (Wildman–Crippen MR) is 166 cm³/mol. The number of fused-ring (bicyclic) bond motifs is 1. The Balaban J connectivity index is 1.50. The number of hydrogen-bond donors (Lipinski definition) is 3. The molecule has 4 N–H and O–H groups in total. The summed E-state index contributed by atoms with van der Waals surface area (Å²) in [5, 5.41) is 12.9. The molecule has 0 aromatic heterocycles. The molecule has 7 nitrogen and oxygen atoms in total. The average molecular weight is 575 g/mol. The monoisotopic (exact) mass is 574 g/mol. The maximum Gasteiger partial charge on any atom is 0.407 e. The fourth-order valence-corrected chi connectivity index (χ4v) is 7.58. The van der Waals surface area contributed by atoms with E-state index < -0.39 is 5.60 Å². The molecule has 0 spiro atoms. The number of rotatable bonds is 15. The van der Waals surface area contributed by atoms with Gasteiger partial charge < -0.3 is 30.4 Å². The quantitative estimate of drug-likeness (QED) is 0.194. The van der Waals surface area contributed by atoms with Gasteiger partial charge in [0, 0.05) is 19.5 Å². The van der Waals surface area contributed by atoms with Crippen LogP contribution in [-0.4, -0.2) is 62.4 Å². The first-order valence-corrected chi connectivity index (χ1v) is 16.1. The van der Waals surface area contributed by atoms with Gasteiger partial charge in [-0.3, -0.25) is 0 Å². The number of amides is 1. The second-order valence-electron chi connectivity index (χ2n) is 13.5. The third kappa shape index (κ3) is 10.5. The number of carbonyl (C=O) groups excluding carboxylic acids is 1. The van der Waals surface area contributed by atoms with Crippen LogP contribution in [0.4, 0.5) is 4.79 Å². The average Bonchev–Trinajstić information content (AvgIpc) is 3.27. The lowest BCUT2D eigenvalue weighted by molar-refractivity contribution is 0.0493. The first-order valence-electron chi connectivity index (χ1n) is 16.1. The zero-order valence-corrected chi connectivity index (χ0v) is 26.3. The zero-order valence-electron chi connectivity index (χ0n) is 26.3. The van der Waals surface area contributed by atoms with Crippen molar-refractivity contribution in [3.05, 3.63) is 35.5 Å². The van der Waals surface area contributed by atoms with Crippen LogP contribution in [0.3, 0.4) is 0 Å². The predicted octanol–water partition coefficient (Wildman–Crippen LogP) is 6.46. The SMILES string of the molecule is C=C1CCC(OC(=O)NCCOCCOCCN)CC1=CC=C1CCCC2(C)C1CCC2C(C)CCCC(C)(C)O. The van der Waals surface area contributed by atoms with Gasteiger partial charge in [-0.1, -0.05) is 56.6 Å². The van der Waals surface area contributed by atoms with Crippen molar-refractivity contribution in [1.82, 2.24) is 5.32 Å². The van der Waals surface area contributed by atoms with Crippen molar-refractivity contribution in [2.75, 3.05) is 39.5 Å². The van der Waals surface area contributed by atoms with Crippen molar-refractivity contribution in [3.63, 3.8) is 0 Å². The van der Waals surface area contributed by atoms with E-state index in [1.807, 2.05) is 13.8 Å². The van der Waals surface area contributed by atoms with Crippen LogP contribution >= 0.6 is 0 Å². The summed E-state index contributed by atoms with van der Waals surface area (Å²) in [6.45, 7) is 16.0. The van der Waals surface area contributed by atoms with E-state index >= 15 is 0 Å². The Kier molecular flexibility index (Phi) is 13.4. The van der Waals surface area contributed by atoms with Gasteiger partial charge in [0.1, 0.15) is 6.10 Å². The molecule has 234 valence electrons. The number of nitrogens with one attached hydrogen (secondary N) is 1. The molecule has 3 aliphatic carbocycles. The molecule has 3 saturated carbocycles. The molecule has 3 fully saturated rings. The zero-order chi connectivity index (χ0) is 29.9. The van der Waals surface area contributed by atoms with E-state index in [0.29, 0.717) is 63.2 Å².